The highest BCUT2D eigenvalue weighted by Gasteiger charge is 2.25. The second-order valence-electron chi connectivity index (χ2n) is 5.95. The maximum Gasteiger partial charge on any atom is 0.256 e. The van der Waals surface area contributed by atoms with Crippen LogP contribution in [-0.4, -0.2) is 34.4 Å². The van der Waals surface area contributed by atoms with E-state index in [0.29, 0.717) is 11.5 Å². The Balaban J connectivity index is 2.04. The smallest absolute Gasteiger partial charge is 0.256 e. The van der Waals surface area contributed by atoms with Gasteiger partial charge in [-0.15, -0.1) is 0 Å². The summed E-state index contributed by atoms with van der Waals surface area (Å²) in [6.07, 6.45) is 3.92. The van der Waals surface area contributed by atoms with Crippen molar-refractivity contribution in [3.8, 4) is 0 Å². The van der Waals surface area contributed by atoms with E-state index in [1.807, 2.05) is 29.2 Å². The maximum atomic E-state index is 12.8. The number of hydrogen-bond donors (Lipinski definition) is 0. The minimum atomic E-state index is -0.0720. The summed E-state index contributed by atoms with van der Waals surface area (Å²) >= 11 is 0. The lowest BCUT2D eigenvalue weighted by atomic mass is 9.99. The highest BCUT2D eigenvalue weighted by Crippen LogP contribution is 2.25. The van der Waals surface area contributed by atoms with Gasteiger partial charge in [-0.05, 0) is 24.8 Å². The van der Waals surface area contributed by atoms with E-state index in [-0.39, 0.29) is 11.8 Å². The molecule has 1 fully saturated rings. The van der Waals surface area contributed by atoms with E-state index in [9.17, 15) is 9.59 Å². The molecule has 0 radical (unpaired) electrons. The third-order valence-electron chi connectivity index (χ3n) is 4.23. The Morgan fingerprint density at radius 3 is 2.71 bits per heavy atom. The largest absolute Gasteiger partial charge is 0.338 e. The molecule has 3 rings (SSSR count). The van der Waals surface area contributed by atoms with E-state index in [4.69, 9.17) is 0 Å². The van der Waals surface area contributed by atoms with E-state index in [2.05, 4.69) is 6.92 Å². The van der Waals surface area contributed by atoms with Crippen molar-refractivity contribution in [3.05, 3.63) is 36.0 Å². The molecule has 4 nitrogen and oxygen atoms in total. The van der Waals surface area contributed by atoms with Crippen LogP contribution in [0.2, 0.25) is 0 Å². The van der Waals surface area contributed by atoms with Gasteiger partial charge in [-0.25, -0.2) is 0 Å². The molecule has 2 aromatic rings. The van der Waals surface area contributed by atoms with Crippen LogP contribution >= 0.6 is 0 Å². The summed E-state index contributed by atoms with van der Waals surface area (Å²) in [5, 5.41) is 0.857. The summed E-state index contributed by atoms with van der Waals surface area (Å²) in [7, 11) is 0. The topological polar surface area (TPSA) is 42.3 Å². The lowest BCUT2D eigenvalue weighted by Crippen LogP contribution is -2.39. The minimum absolute atomic E-state index is 0.0396. The first-order chi connectivity index (χ1) is 10.1. The Bertz CT molecular complexity index is 702. The van der Waals surface area contributed by atoms with Crippen molar-refractivity contribution in [1.82, 2.24) is 9.47 Å². The molecule has 1 aliphatic heterocycles. The molecule has 21 heavy (non-hydrogen) atoms. The summed E-state index contributed by atoms with van der Waals surface area (Å²) < 4.78 is 1.57. The molecule has 1 aromatic carbocycles. The molecular formula is C17H20N2O2. The SMILES string of the molecule is CC(=O)n1cc(C(=O)N2CCCC(C)C2)c2ccccc21. The van der Waals surface area contributed by atoms with Crippen LogP contribution in [0.3, 0.4) is 0 Å². The predicted octanol–water partition coefficient (Wildman–Crippen LogP) is 3.17. The van der Waals surface area contributed by atoms with E-state index in [1.54, 1.807) is 10.8 Å². The Kier molecular flexibility index (Phi) is 3.53. The van der Waals surface area contributed by atoms with Crippen molar-refractivity contribution in [2.45, 2.75) is 26.7 Å². The zero-order chi connectivity index (χ0) is 15.0. The van der Waals surface area contributed by atoms with Crippen molar-refractivity contribution < 1.29 is 9.59 Å². The second-order valence-corrected chi connectivity index (χ2v) is 5.95. The number of piperidine rings is 1. The van der Waals surface area contributed by atoms with Crippen LogP contribution in [0.15, 0.2) is 30.5 Å². The summed E-state index contributed by atoms with van der Waals surface area (Å²) in [4.78, 5) is 26.5. The molecule has 0 spiro atoms. The van der Waals surface area contributed by atoms with Gasteiger partial charge in [-0.2, -0.15) is 0 Å². The van der Waals surface area contributed by atoms with E-state index in [0.717, 1.165) is 30.4 Å². The minimum Gasteiger partial charge on any atom is -0.338 e. The van der Waals surface area contributed by atoms with Crippen LogP contribution in [0.4, 0.5) is 0 Å². The average Bonchev–Trinajstić information content (AvgIpc) is 2.86. The Morgan fingerprint density at radius 2 is 2.00 bits per heavy atom. The van der Waals surface area contributed by atoms with Gasteiger partial charge in [0, 0.05) is 31.6 Å². The van der Waals surface area contributed by atoms with E-state index in [1.165, 1.54) is 13.3 Å². The number of benzene rings is 1. The molecule has 110 valence electrons. The summed E-state index contributed by atoms with van der Waals surface area (Å²) in [6.45, 7) is 5.31. The van der Waals surface area contributed by atoms with E-state index >= 15 is 0 Å². The summed E-state index contributed by atoms with van der Waals surface area (Å²) in [5.41, 5.74) is 1.44. The highest BCUT2D eigenvalue weighted by molar-refractivity contribution is 6.09. The number of aromatic nitrogens is 1. The standard InChI is InChI=1S/C17H20N2O2/c1-12-6-5-9-18(10-12)17(21)15-11-19(13(2)20)16-8-4-3-7-14(15)16/h3-4,7-8,11-12H,5-6,9-10H2,1-2H3. The van der Waals surface area contributed by atoms with Gasteiger partial charge in [-0.1, -0.05) is 25.1 Å². The van der Waals surface area contributed by atoms with Crippen LogP contribution in [0.25, 0.3) is 10.9 Å². The molecule has 1 aliphatic rings. The molecule has 0 aliphatic carbocycles. The fraction of sp³-hybridized carbons (Fsp3) is 0.412. The van der Waals surface area contributed by atoms with Crippen LogP contribution in [0.5, 0.6) is 0 Å². The lowest BCUT2D eigenvalue weighted by Gasteiger charge is -2.30. The number of para-hydroxylation sites is 1. The van der Waals surface area contributed by atoms with Crippen molar-refractivity contribution in [2.24, 2.45) is 5.92 Å². The predicted molar refractivity (Wildman–Crippen MR) is 82.5 cm³/mol. The van der Waals surface area contributed by atoms with Gasteiger partial charge in [0.25, 0.3) is 5.91 Å². The first kappa shape index (κ1) is 13.9. The number of rotatable bonds is 1. The Morgan fingerprint density at radius 1 is 1.24 bits per heavy atom. The Labute approximate surface area is 124 Å². The number of carbonyl (C=O) groups is 2. The van der Waals surface area contributed by atoms with Crippen molar-refractivity contribution in [2.75, 3.05) is 13.1 Å². The van der Waals surface area contributed by atoms with Crippen molar-refractivity contribution >= 4 is 22.7 Å². The monoisotopic (exact) mass is 284 g/mol. The van der Waals surface area contributed by atoms with Gasteiger partial charge in [0.1, 0.15) is 0 Å². The maximum absolute atomic E-state index is 12.8. The first-order valence-corrected chi connectivity index (χ1v) is 7.48. The summed E-state index contributed by atoms with van der Waals surface area (Å²) in [6, 6.07) is 7.59. The lowest BCUT2D eigenvalue weighted by molar-refractivity contribution is 0.0685. The van der Waals surface area contributed by atoms with Crippen LogP contribution in [-0.2, 0) is 0 Å². The van der Waals surface area contributed by atoms with Crippen molar-refractivity contribution in [1.29, 1.82) is 0 Å². The molecular weight excluding hydrogens is 264 g/mol. The van der Waals surface area contributed by atoms with Gasteiger partial charge < -0.3 is 4.90 Å². The molecule has 0 bridgehead atoms. The number of amides is 1. The Hall–Kier alpha value is -2.10. The molecule has 4 heteroatoms. The fourth-order valence-electron chi connectivity index (χ4n) is 3.15. The molecule has 2 heterocycles. The van der Waals surface area contributed by atoms with Crippen LogP contribution in [0, 0.1) is 5.92 Å². The number of likely N-dealkylation sites (tertiary alicyclic amines) is 1. The normalized spacial score (nSPS) is 19.0. The second kappa shape index (κ2) is 5.35. The molecule has 1 saturated heterocycles. The van der Waals surface area contributed by atoms with Gasteiger partial charge in [0.05, 0.1) is 11.1 Å². The molecule has 1 unspecified atom stereocenters. The van der Waals surface area contributed by atoms with Crippen LogP contribution in [0.1, 0.15) is 41.8 Å². The molecule has 1 amide bonds. The molecule has 0 N–H and O–H groups in total. The third kappa shape index (κ3) is 2.46. The molecule has 1 aromatic heterocycles. The quantitative estimate of drug-likeness (QED) is 0.807. The molecule has 0 saturated carbocycles. The number of fused-ring (bicyclic) bond motifs is 1. The van der Waals surface area contributed by atoms with Gasteiger partial charge in [0.15, 0.2) is 0 Å². The zero-order valence-corrected chi connectivity index (χ0v) is 12.5. The van der Waals surface area contributed by atoms with Crippen molar-refractivity contribution in [3.63, 3.8) is 0 Å². The number of nitrogens with zero attached hydrogens (tertiary/aromatic N) is 2. The fourth-order valence-corrected chi connectivity index (χ4v) is 3.15. The van der Waals surface area contributed by atoms with E-state index < -0.39 is 0 Å². The van der Waals surface area contributed by atoms with Gasteiger partial charge >= 0.3 is 0 Å². The number of hydrogen-bond acceptors (Lipinski definition) is 2. The molecule has 1 atom stereocenters. The van der Waals surface area contributed by atoms with Gasteiger partial charge in [0.2, 0.25) is 5.91 Å². The third-order valence-corrected chi connectivity index (χ3v) is 4.23. The van der Waals surface area contributed by atoms with Crippen LogP contribution < -0.4 is 0 Å². The first-order valence-electron chi connectivity index (χ1n) is 7.48. The highest BCUT2D eigenvalue weighted by atomic mass is 16.2. The number of carbonyl (C=O) groups excluding carboxylic acids is 2. The average molecular weight is 284 g/mol. The summed E-state index contributed by atoms with van der Waals surface area (Å²) in [5.74, 6) is 0.513. The van der Waals surface area contributed by atoms with Gasteiger partial charge in [-0.3, -0.25) is 14.2 Å². The zero-order valence-electron chi connectivity index (χ0n) is 12.5.